The number of esters is 1. The van der Waals surface area contributed by atoms with Gasteiger partial charge >= 0.3 is 5.97 Å². The minimum absolute atomic E-state index is 0.254. The number of pyridine rings is 1. The van der Waals surface area contributed by atoms with Gasteiger partial charge in [-0.15, -0.1) is 0 Å². The van der Waals surface area contributed by atoms with Crippen LogP contribution in [0.2, 0.25) is 0 Å². The number of carbonyl (C=O) groups is 1. The van der Waals surface area contributed by atoms with Gasteiger partial charge in [-0.25, -0.2) is 9.18 Å². The Balaban J connectivity index is 1.65. The monoisotopic (exact) mass is 472 g/mol. The molecule has 1 aliphatic heterocycles. The van der Waals surface area contributed by atoms with Crippen LogP contribution in [0.4, 0.5) is 10.1 Å². The summed E-state index contributed by atoms with van der Waals surface area (Å²) < 4.78 is 20.6. The maximum absolute atomic E-state index is 13.7. The highest BCUT2D eigenvalue weighted by molar-refractivity contribution is 7.80. The molecule has 5 rings (SSSR count). The van der Waals surface area contributed by atoms with E-state index in [-0.39, 0.29) is 17.9 Å². The Kier molecular flexibility index (Phi) is 5.81. The smallest absolute Gasteiger partial charge is 0.337 e. The predicted octanol–water partition coefficient (Wildman–Crippen LogP) is 4.98. The van der Waals surface area contributed by atoms with Crippen LogP contribution < -0.4 is 10.2 Å². The first-order valence-corrected chi connectivity index (χ1v) is 11.1. The van der Waals surface area contributed by atoms with Crippen LogP contribution in [-0.4, -0.2) is 27.7 Å². The molecule has 1 N–H and O–H groups in total. The Morgan fingerprint density at radius 1 is 1.03 bits per heavy atom. The van der Waals surface area contributed by atoms with E-state index < -0.39 is 5.97 Å². The third-order valence-electron chi connectivity index (χ3n) is 5.83. The van der Waals surface area contributed by atoms with Gasteiger partial charge in [0.2, 0.25) is 0 Å². The van der Waals surface area contributed by atoms with E-state index in [4.69, 9.17) is 17.0 Å². The quantitative estimate of drug-likeness (QED) is 0.327. The van der Waals surface area contributed by atoms with Gasteiger partial charge in [-0.1, -0.05) is 12.1 Å². The molecule has 2 atom stereocenters. The minimum atomic E-state index is -0.404. The van der Waals surface area contributed by atoms with Crippen molar-refractivity contribution in [1.29, 1.82) is 0 Å². The average Bonchev–Trinajstić information content (AvgIpc) is 3.49. The fourth-order valence-corrected chi connectivity index (χ4v) is 4.65. The molecule has 34 heavy (non-hydrogen) atoms. The number of rotatable bonds is 5. The molecule has 0 aliphatic carbocycles. The second-order valence-corrected chi connectivity index (χ2v) is 8.20. The molecular formula is C26H21FN4O2S. The maximum atomic E-state index is 13.7. The van der Waals surface area contributed by atoms with E-state index in [2.05, 4.69) is 10.3 Å². The van der Waals surface area contributed by atoms with Gasteiger partial charge < -0.3 is 19.5 Å². The number of hydrogen-bond acceptors (Lipinski definition) is 4. The molecule has 2 aromatic carbocycles. The van der Waals surface area contributed by atoms with Crippen molar-refractivity contribution in [2.24, 2.45) is 0 Å². The van der Waals surface area contributed by atoms with Gasteiger partial charge in [0.05, 0.1) is 24.4 Å². The lowest BCUT2D eigenvalue weighted by molar-refractivity contribution is 0.0600. The minimum Gasteiger partial charge on any atom is -0.465 e. The Morgan fingerprint density at radius 2 is 1.85 bits per heavy atom. The molecule has 3 heterocycles. The molecular weight excluding hydrogens is 451 g/mol. The third kappa shape index (κ3) is 3.92. The first-order chi connectivity index (χ1) is 16.6. The summed E-state index contributed by atoms with van der Waals surface area (Å²) in [7, 11) is 1.36. The molecule has 0 radical (unpaired) electrons. The molecule has 0 spiro atoms. The Morgan fingerprint density at radius 3 is 2.59 bits per heavy atom. The lowest BCUT2D eigenvalue weighted by atomic mass is 10.0. The second-order valence-electron chi connectivity index (χ2n) is 7.82. The van der Waals surface area contributed by atoms with Crippen molar-refractivity contribution in [3.05, 3.63) is 114 Å². The van der Waals surface area contributed by atoms with Crippen molar-refractivity contribution >= 4 is 29.0 Å². The van der Waals surface area contributed by atoms with Crippen LogP contribution in [0.3, 0.4) is 0 Å². The number of nitrogens with one attached hydrogen (secondary N) is 1. The zero-order valence-electron chi connectivity index (χ0n) is 18.3. The zero-order chi connectivity index (χ0) is 23.7. The third-order valence-corrected chi connectivity index (χ3v) is 6.15. The summed E-state index contributed by atoms with van der Waals surface area (Å²) in [6.45, 7) is 0. The van der Waals surface area contributed by atoms with Crippen LogP contribution in [0.1, 0.15) is 33.8 Å². The van der Waals surface area contributed by atoms with E-state index in [1.165, 1.54) is 19.2 Å². The number of benzene rings is 2. The first-order valence-electron chi connectivity index (χ1n) is 10.7. The number of carbonyl (C=O) groups excluding carboxylic acids is 1. The average molecular weight is 473 g/mol. The van der Waals surface area contributed by atoms with Gasteiger partial charge in [-0.3, -0.25) is 4.98 Å². The van der Waals surface area contributed by atoms with Crippen LogP contribution in [0.25, 0.3) is 5.69 Å². The van der Waals surface area contributed by atoms with E-state index in [1.807, 2.05) is 58.1 Å². The van der Waals surface area contributed by atoms with Gasteiger partial charge in [0.15, 0.2) is 5.11 Å². The van der Waals surface area contributed by atoms with E-state index in [1.54, 1.807) is 30.5 Å². The van der Waals surface area contributed by atoms with Crippen LogP contribution in [0.5, 0.6) is 0 Å². The maximum Gasteiger partial charge on any atom is 0.337 e. The standard InChI is InChI=1S/C26H21FN4O2S/c1-33-25(32)17-6-4-7-20(16-17)30-15-5-9-22(30)24-23(21-8-2-3-14-28-21)29-26(34)31(24)19-12-10-18(27)11-13-19/h2-16,23-24H,1H3,(H,29,34)/t23-,24+/m0/s1. The van der Waals surface area contributed by atoms with Crippen LogP contribution in [0, 0.1) is 5.82 Å². The summed E-state index contributed by atoms with van der Waals surface area (Å²) in [6.07, 6.45) is 3.68. The molecule has 0 unspecified atom stereocenters. The van der Waals surface area contributed by atoms with Gasteiger partial charge in [0, 0.05) is 29.5 Å². The molecule has 0 amide bonds. The number of halogens is 1. The fourth-order valence-electron chi connectivity index (χ4n) is 4.31. The predicted molar refractivity (Wildman–Crippen MR) is 131 cm³/mol. The summed E-state index contributed by atoms with van der Waals surface area (Å²) in [5.74, 6) is -0.721. The molecule has 1 saturated heterocycles. The molecule has 1 fully saturated rings. The number of aromatic nitrogens is 2. The van der Waals surface area contributed by atoms with E-state index in [0.717, 1.165) is 22.8 Å². The van der Waals surface area contributed by atoms with E-state index >= 15 is 0 Å². The molecule has 4 aromatic rings. The van der Waals surface area contributed by atoms with Crippen LogP contribution >= 0.6 is 12.2 Å². The highest BCUT2D eigenvalue weighted by Crippen LogP contribution is 2.42. The van der Waals surface area contributed by atoms with Crippen LogP contribution in [-0.2, 0) is 4.74 Å². The SMILES string of the molecule is COC(=O)c1cccc(-n2cccc2[C@@H]2[C@H](c3ccccn3)NC(=S)N2c2ccc(F)cc2)c1. The fraction of sp³-hybridized carbons (Fsp3) is 0.115. The van der Waals surface area contributed by atoms with Gasteiger partial charge in [0.25, 0.3) is 0 Å². The Bertz CT molecular complexity index is 1340. The number of anilines is 1. The largest absolute Gasteiger partial charge is 0.465 e. The normalized spacial score (nSPS) is 17.5. The topological polar surface area (TPSA) is 59.4 Å². The van der Waals surface area contributed by atoms with Crippen molar-refractivity contribution in [1.82, 2.24) is 14.9 Å². The lowest BCUT2D eigenvalue weighted by Gasteiger charge is -2.29. The Labute approximate surface area is 201 Å². The summed E-state index contributed by atoms with van der Waals surface area (Å²) in [6, 6.07) is 22.7. The highest BCUT2D eigenvalue weighted by Gasteiger charge is 2.42. The summed E-state index contributed by atoms with van der Waals surface area (Å²) >= 11 is 5.74. The summed E-state index contributed by atoms with van der Waals surface area (Å²) in [4.78, 5) is 18.7. The number of nitrogens with zero attached hydrogens (tertiary/aromatic N) is 3. The number of hydrogen-bond donors (Lipinski definition) is 1. The summed E-state index contributed by atoms with van der Waals surface area (Å²) in [5.41, 5.74) is 3.78. The molecule has 2 aromatic heterocycles. The molecule has 170 valence electrons. The molecule has 1 aliphatic rings. The number of methoxy groups -OCH3 is 1. The second kappa shape index (κ2) is 9.07. The first kappa shape index (κ1) is 21.8. The molecule has 0 bridgehead atoms. The number of ether oxygens (including phenoxy) is 1. The van der Waals surface area contributed by atoms with Crippen LogP contribution in [0.15, 0.2) is 91.3 Å². The van der Waals surface area contributed by atoms with Crippen molar-refractivity contribution in [3.8, 4) is 5.69 Å². The van der Waals surface area contributed by atoms with Gasteiger partial charge in [-0.05, 0) is 78.9 Å². The van der Waals surface area contributed by atoms with Crippen molar-refractivity contribution in [3.63, 3.8) is 0 Å². The molecule has 6 nitrogen and oxygen atoms in total. The van der Waals surface area contributed by atoms with Crippen molar-refractivity contribution < 1.29 is 13.9 Å². The molecule has 0 saturated carbocycles. The van der Waals surface area contributed by atoms with E-state index in [0.29, 0.717) is 10.7 Å². The van der Waals surface area contributed by atoms with Crippen molar-refractivity contribution in [2.45, 2.75) is 12.1 Å². The molecule has 8 heteroatoms. The number of thiocarbonyl (C=S) groups is 1. The highest BCUT2D eigenvalue weighted by atomic mass is 32.1. The Hall–Kier alpha value is -4.04. The zero-order valence-corrected chi connectivity index (χ0v) is 19.1. The van der Waals surface area contributed by atoms with Crippen molar-refractivity contribution in [2.75, 3.05) is 12.0 Å². The van der Waals surface area contributed by atoms with Gasteiger partial charge in [-0.2, -0.15) is 0 Å². The lowest BCUT2D eigenvalue weighted by Crippen LogP contribution is -2.30. The summed E-state index contributed by atoms with van der Waals surface area (Å²) in [5, 5.41) is 3.92. The van der Waals surface area contributed by atoms with Gasteiger partial charge in [0.1, 0.15) is 11.9 Å². The van der Waals surface area contributed by atoms with E-state index in [9.17, 15) is 9.18 Å².